The molecule has 0 saturated carbocycles. The van der Waals surface area contributed by atoms with Crippen LogP contribution in [0.3, 0.4) is 0 Å². The van der Waals surface area contributed by atoms with Crippen LogP contribution < -0.4 is 9.62 Å². The van der Waals surface area contributed by atoms with E-state index in [-0.39, 0.29) is 18.3 Å². The summed E-state index contributed by atoms with van der Waals surface area (Å²) in [5.41, 5.74) is 2.09. The minimum Gasteiger partial charge on any atom is -0.311 e. The van der Waals surface area contributed by atoms with E-state index in [1.54, 1.807) is 4.90 Å². The summed E-state index contributed by atoms with van der Waals surface area (Å²) in [5, 5.41) is 7.48. The number of rotatable bonds is 4. The van der Waals surface area contributed by atoms with Crippen LogP contribution in [0.25, 0.3) is 0 Å². The summed E-state index contributed by atoms with van der Waals surface area (Å²) >= 11 is 0. The van der Waals surface area contributed by atoms with Crippen molar-refractivity contribution in [3.05, 3.63) is 36.0 Å². The van der Waals surface area contributed by atoms with Gasteiger partial charge in [0.2, 0.25) is 15.9 Å². The van der Waals surface area contributed by atoms with Gasteiger partial charge in [-0.1, -0.05) is 23.4 Å². The van der Waals surface area contributed by atoms with Gasteiger partial charge in [-0.15, -0.1) is 5.10 Å². The Hall–Kier alpha value is -2.42. The first-order valence-electron chi connectivity index (χ1n) is 7.18. The molecule has 0 atom stereocenters. The van der Waals surface area contributed by atoms with Gasteiger partial charge in [0.05, 0.1) is 12.5 Å². The Morgan fingerprint density at radius 2 is 2.13 bits per heavy atom. The molecule has 0 fully saturated rings. The molecule has 1 aliphatic rings. The fourth-order valence-corrected chi connectivity index (χ4v) is 3.10. The number of carbonyl (C=O) groups excluding carboxylic acids is 1. The van der Waals surface area contributed by atoms with Crippen molar-refractivity contribution in [3.8, 4) is 0 Å². The van der Waals surface area contributed by atoms with E-state index < -0.39 is 10.0 Å². The van der Waals surface area contributed by atoms with E-state index in [9.17, 15) is 13.2 Å². The molecule has 0 saturated heterocycles. The fraction of sp³-hybridized carbons (Fsp3) is 0.357. The number of carbonyl (C=O) groups is 1. The Balaban J connectivity index is 1.73. The normalized spacial score (nSPS) is 14.4. The van der Waals surface area contributed by atoms with Crippen LogP contribution in [-0.4, -0.2) is 42.1 Å². The van der Waals surface area contributed by atoms with Gasteiger partial charge in [0.25, 0.3) is 0 Å². The van der Waals surface area contributed by atoms with E-state index in [2.05, 4.69) is 15.0 Å². The summed E-state index contributed by atoms with van der Waals surface area (Å²) < 4.78 is 25.9. The highest BCUT2D eigenvalue weighted by Crippen LogP contribution is 2.26. The van der Waals surface area contributed by atoms with Crippen LogP contribution in [0, 0.1) is 0 Å². The largest absolute Gasteiger partial charge is 0.311 e. The first-order chi connectivity index (χ1) is 10.9. The van der Waals surface area contributed by atoms with Gasteiger partial charge >= 0.3 is 0 Å². The Morgan fingerprint density at radius 1 is 1.35 bits per heavy atom. The third-order valence-electron chi connectivity index (χ3n) is 3.54. The molecule has 1 N–H and O–H groups in total. The number of benzene rings is 1. The van der Waals surface area contributed by atoms with E-state index in [4.69, 9.17) is 0 Å². The number of hydrogen-bond acceptors (Lipinski definition) is 5. The van der Waals surface area contributed by atoms with Gasteiger partial charge in [-0.25, -0.2) is 13.1 Å². The highest BCUT2D eigenvalue weighted by atomic mass is 32.2. The maximum Gasteiger partial charge on any atom is 0.248 e. The molecule has 122 valence electrons. The molecule has 9 heteroatoms. The molecule has 3 rings (SSSR count). The van der Waals surface area contributed by atoms with Crippen molar-refractivity contribution in [2.24, 2.45) is 0 Å². The molecule has 1 aromatic carbocycles. The third kappa shape index (κ3) is 3.67. The topological polar surface area (TPSA) is 97.2 Å². The lowest BCUT2D eigenvalue weighted by atomic mass is 10.0. The van der Waals surface area contributed by atoms with Crippen molar-refractivity contribution in [1.82, 2.24) is 15.0 Å². The number of fused-ring (bicyclic) bond motifs is 1. The van der Waals surface area contributed by atoms with Crippen molar-refractivity contribution in [2.45, 2.75) is 19.4 Å². The number of para-hydroxylation sites is 1. The maximum atomic E-state index is 12.5. The highest BCUT2D eigenvalue weighted by molar-refractivity contribution is 7.92. The number of aromatic nitrogens is 3. The van der Waals surface area contributed by atoms with Crippen LogP contribution in [0.15, 0.2) is 30.5 Å². The Morgan fingerprint density at radius 3 is 2.91 bits per heavy atom. The van der Waals surface area contributed by atoms with Crippen LogP contribution in [0.1, 0.15) is 12.0 Å². The summed E-state index contributed by atoms with van der Waals surface area (Å²) in [7, 11) is -3.41. The smallest absolute Gasteiger partial charge is 0.248 e. The molecule has 0 bridgehead atoms. The minimum absolute atomic E-state index is 0.00672. The molecule has 2 aromatic rings. The standard InChI is InChI=1S/C14H17N5O3S/c1-23(21,22)16-13-9-18(17-15-13)10-14(20)19-8-4-6-11-5-2-3-7-12(11)19/h2-3,5,7,9,16H,4,6,8,10H2,1H3. The quantitative estimate of drug-likeness (QED) is 0.884. The molecule has 0 radical (unpaired) electrons. The molecular formula is C14H17N5O3S. The number of anilines is 2. The lowest BCUT2D eigenvalue weighted by molar-refractivity contribution is -0.119. The summed E-state index contributed by atoms with van der Waals surface area (Å²) in [5.74, 6) is -0.00713. The molecule has 0 unspecified atom stereocenters. The first-order valence-corrected chi connectivity index (χ1v) is 9.08. The van der Waals surface area contributed by atoms with Crippen molar-refractivity contribution in [1.29, 1.82) is 0 Å². The van der Waals surface area contributed by atoms with Crippen molar-refractivity contribution in [2.75, 3.05) is 22.4 Å². The molecule has 8 nitrogen and oxygen atoms in total. The first kappa shape index (κ1) is 15.5. The van der Waals surface area contributed by atoms with Crippen LogP contribution >= 0.6 is 0 Å². The van der Waals surface area contributed by atoms with Crippen molar-refractivity contribution in [3.63, 3.8) is 0 Å². The molecule has 0 spiro atoms. The molecule has 0 aliphatic carbocycles. The van der Waals surface area contributed by atoms with Gasteiger partial charge in [-0.3, -0.25) is 9.52 Å². The predicted octanol–water partition coefficient (Wildman–Crippen LogP) is 0.629. The zero-order valence-corrected chi connectivity index (χ0v) is 13.5. The SMILES string of the molecule is CS(=O)(=O)Nc1cn(CC(=O)N2CCCc3ccccc32)nn1. The molecule has 2 heterocycles. The lowest BCUT2D eigenvalue weighted by Crippen LogP contribution is -2.37. The number of sulfonamides is 1. The van der Waals surface area contributed by atoms with Gasteiger partial charge < -0.3 is 4.90 Å². The fourth-order valence-electron chi connectivity index (χ4n) is 2.63. The van der Waals surface area contributed by atoms with E-state index in [0.29, 0.717) is 6.54 Å². The van der Waals surface area contributed by atoms with Gasteiger partial charge in [-0.2, -0.15) is 0 Å². The van der Waals surface area contributed by atoms with E-state index in [1.165, 1.54) is 10.9 Å². The highest BCUT2D eigenvalue weighted by Gasteiger charge is 2.22. The Bertz CT molecular complexity index is 830. The molecule has 1 aromatic heterocycles. The Kier molecular flexibility index (Phi) is 4.03. The summed E-state index contributed by atoms with van der Waals surface area (Å²) in [4.78, 5) is 14.3. The monoisotopic (exact) mass is 335 g/mol. The third-order valence-corrected chi connectivity index (χ3v) is 4.12. The average Bonchev–Trinajstić information content (AvgIpc) is 2.91. The van der Waals surface area contributed by atoms with Crippen LogP contribution in [0.2, 0.25) is 0 Å². The zero-order chi connectivity index (χ0) is 16.4. The minimum atomic E-state index is -3.41. The predicted molar refractivity (Wildman–Crippen MR) is 85.6 cm³/mol. The van der Waals surface area contributed by atoms with Gasteiger partial charge in [0.1, 0.15) is 6.54 Å². The van der Waals surface area contributed by atoms with E-state index >= 15 is 0 Å². The summed E-state index contributed by atoms with van der Waals surface area (Å²) in [6.07, 6.45) is 4.31. The van der Waals surface area contributed by atoms with E-state index in [0.717, 1.165) is 30.3 Å². The average molecular weight is 335 g/mol. The van der Waals surface area contributed by atoms with E-state index in [1.807, 2.05) is 24.3 Å². The summed E-state index contributed by atoms with van der Waals surface area (Å²) in [6, 6.07) is 7.84. The van der Waals surface area contributed by atoms with Gasteiger partial charge in [0.15, 0.2) is 5.82 Å². The van der Waals surface area contributed by atoms with Crippen molar-refractivity contribution >= 4 is 27.4 Å². The number of hydrogen-bond donors (Lipinski definition) is 1. The number of aryl methyl sites for hydroxylation is 1. The Labute approximate surface area is 134 Å². The second-order valence-electron chi connectivity index (χ2n) is 5.45. The molecule has 23 heavy (non-hydrogen) atoms. The van der Waals surface area contributed by atoms with Gasteiger partial charge in [0, 0.05) is 12.2 Å². The molecule has 1 aliphatic heterocycles. The van der Waals surface area contributed by atoms with Crippen LogP contribution in [0.4, 0.5) is 11.5 Å². The summed E-state index contributed by atoms with van der Waals surface area (Å²) in [6.45, 7) is 0.672. The zero-order valence-electron chi connectivity index (χ0n) is 12.6. The van der Waals surface area contributed by atoms with Crippen molar-refractivity contribution < 1.29 is 13.2 Å². The number of nitrogens with one attached hydrogen (secondary N) is 1. The molecule has 1 amide bonds. The molecular weight excluding hydrogens is 318 g/mol. The maximum absolute atomic E-state index is 12.5. The number of amides is 1. The number of nitrogens with zero attached hydrogens (tertiary/aromatic N) is 4. The van der Waals surface area contributed by atoms with Crippen LogP contribution in [-0.2, 0) is 27.8 Å². The van der Waals surface area contributed by atoms with Crippen LogP contribution in [0.5, 0.6) is 0 Å². The lowest BCUT2D eigenvalue weighted by Gasteiger charge is -2.29. The second kappa shape index (κ2) is 5.99. The van der Waals surface area contributed by atoms with Gasteiger partial charge in [-0.05, 0) is 24.5 Å². The second-order valence-corrected chi connectivity index (χ2v) is 7.20.